The largest absolute Gasteiger partial charge is 0.381 e. The maximum absolute atomic E-state index is 6.16. The molecule has 150 valence electrons. The van der Waals surface area contributed by atoms with Crippen molar-refractivity contribution in [2.75, 3.05) is 59.2 Å². The van der Waals surface area contributed by atoms with Crippen molar-refractivity contribution in [1.29, 1.82) is 0 Å². The minimum atomic E-state index is 0.0314. The molecule has 1 aromatic rings. The predicted molar refractivity (Wildman–Crippen MR) is 109 cm³/mol. The summed E-state index contributed by atoms with van der Waals surface area (Å²) in [5.41, 5.74) is 8.90. The zero-order valence-electron chi connectivity index (χ0n) is 16.6. The molecule has 6 nitrogen and oxygen atoms in total. The SMILES string of the molecule is Cc1ccccc1C1(CN=C(N)NCCCN2CCOCC2)CCOCC1. The molecule has 2 saturated heterocycles. The van der Waals surface area contributed by atoms with Crippen molar-refractivity contribution in [3.05, 3.63) is 35.4 Å². The van der Waals surface area contributed by atoms with Crippen molar-refractivity contribution < 1.29 is 9.47 Å². The highest BCUT2D eigenvalue weighted by Crippen LogP contribution is 2.36. The molecule has 0 atom stereocenters. The van der Waals surface area contributed by atoms with Gasteiger partial charge in [-0.15, -0.1) is 0 Å². The molecule has 3 N–H and O–H groups in total. The summed E-state index contributed by atoms with van der Waals surface area (Å²) in [6.45, 7) is 10.2. The minimum Gasteiger partial charge on any atom is -0.381 e. The topological polar surface area (TPSA) is 72.1 Å². The van der Waals surface area contributed by atoms with Gasteiger partial charge >= 0.3 is 0 Å². The van der Waals surface area contributed by atoms with Gasteiger partial charge in [-0.1, -0.05) is 24.3 Å². The molecule has 0 unspecified atom stereocenters. The van der Waals surface area contributed by atoms with E-state index in [1.54, 1.807) is 0 Å². The van der Waals surface area contributed by atoms with Crippen LogP contribution in [0.5, 0.6) is 0 Å². The summed E-state index contributed by atoms with van der Waals surface area (Å²) in [5, 5.41) is 3.28. The Morgan fingerprint density at radius 2 is 1.85 bits per heavy atom. The van der Waals surface area contributed by atoms with Crippen LogP contribution in [0.25, 0.3) is 0 Å². The highest BCUT2D eigenvalue weighted by atomic mass is 16.5. The van der Waals surface area contributed by atoms with E-state index in [1.807, 2.05) is 0 Å². The summed E-state index contributed by atoms with van der Waals surface area (Å²) in [6, 6.07) is 8.64. The van der Waals surface area contributed by atoms with Gasteiger partial charge in [0, 0.05) is 38.3 Å². The fourth-order valence-electron chi connectivity index (χ4n) is 4.08. The number of hydrogen-bond donors (Lipinski definition) is 2. The molecular formula is C21H34N4O2. The van der Waals surface area contributed by atoms with E-state index in [4.69, 9.17) is 20.2 Å². The summed E-state index contributed by atoms with van der Waals surface area (Å²) in [5.74, 6) is 0.552. The lowest BCUT2D eigenvalue weighted by molar-refractivity contribution is 0.0376. The number of nitrogens with one attached hydrogen (secondary N) is 1. The summed E-state index contributed by atoms with van der Waals surface area (Å²) < 4.78 is 11.0. The van der Waals surface area contributed by atoms with Gasteiger partial charge in [0.1, 0.15) is 0 Å². The van der Waals surface area contributed by atoms with E-state index in [2.05, 4.69) is 41.4 Å². The van der Waals surface area contributed by atoms with Crippen LogP contribution in [0.4, 0.5) is 0 Å². The second-order valence-corrected chi connectivity index (χ2v) is 7.64. The Hall–Kier alpha value is -1.63. The van der Waals surface area contributed by atoms with Crippen LogP contribution in [0.15, 0.2) is 29.3 Å². The molecule has 0 bridgehead atoms. The molecule has 0 saturated carbocycles. The maximum atomic E-state index is 6.16. The molecular weight excluding hydrogens is 340 g/mol. The molecule has 2 heterocycles. The molecule has 0 spiro atoms. The first-order valence-electron chi connectivity index (χ1n) is 10.2. The van der Waals surface area contributed by atoms with Gasteiger partial charge in [0.15, 0.2) is 5.96 Å². The highest BCUT2D eigenvalue weighted by molar-refractivity contribution is 5.77. The molecule has 2 aliphatic rings. The van der Waals surface area contributed by atoms with E-state index in [9.17, 15) is 0 Å². The van der Waals surface area contributed by atoms with Crippen LogP contribution in [0, 0.1) is 6.92 Å². The number of hydrogen-bond acceptors (Lipinski definition) is 4. The summed E-state index contributed by atoms with van der Waals surface area (Å²) in [6.07, 6.45) is 3.05. The van der Waals surface area contributed by atoms with Crippen LogP contribution in [-0.4, -0.2) is 70.0 Å². The number of benzene rings is 1. The summed E-state index contributed by atoms with van der Waals surface area (Å²) >= 11 is 0. The smallest absolute Gasteiger partial charge is 0.188 e. The van der Waals surface area contributed by atoms with E-state index >= 15 is 0 Å². The molecule has 0 aliphatic carbocycles. The van der Waals surface area contributed by atoms with E-state index in [-0.39, 0.29) is 5.41 Å². The van der Waals surface area contributed by atoms with Gasteiger partial charge in [-0.2, -0.15) is 0 Å². The fraction of sp³-hybridized carbons (Fsp3) is 0.667. The third-order valence-electron chi connectivity index (χ3n) is 5.78. The van der Waals surface area contributed by atoms with Crippen LogP contribution >= 0.6 is 0 Å². The second-order valence-electron chi connectivity index (χ2n) is 7.64. The van der Waals surface area contributed by atoms with Gasteiger partial charge in [0.25, 0.3) is 0 Å². The van der Waals surface area contributed by atoms with Gasteiger partial charge in [-0.05, 0) is 43.9 Å². The zero-order chi connectivity index (χ0) is 19.0. The first-order valence-corrected chi connectivity index (χ1v) is 10.2. The van der Waals surface area contributed by atoms with Gasteiger partial charge < -0.3 is 20.5 Å². The molecule has 0 aromatic heterocycles. The van der Waals surface area contributed by atoms with Crippen LogP contribution in [0.3, 0.4) is 0 Å². The Morgan fingerprint density at radius 1 is 1.15 bits per heavy atom. The van der Waals surface area contributed by atoms with E-state index in [0.29, 0.717) is 12.5 Å². The number of nitrogens with zero attached hydrogens (tertiary/aromatic N) is 2. The van der Waals surface area contributed by atoms with Crippen molar-refractivity contribution in [2.24, 2.45) is 10.7 Å². The number of nitrogens with two attached hydrogens (primary N) is 1. The normalized spacial score (nSPS) is 21.1. The zero-order valence-corrected chi connectivity index (χ0v) is 16.6. The van der Waals surface area contributed by atoms with Gasteiger partial charge in [0.2, 0.25) is 0 Å². The van der Waals surface area contributed by atoms with E-state index in [0.717, 1.165) is 71.9 Å². The van der Waals surface area contributed by atoms with Gasteiger partial charge in [0.05, 0.1) is 19.8 Å². The lowest BCUT2D eigenvalue weighted by Crippen LogP contribution is -2.41. The number of morpholine rings is 1. The summed E-state index contributed by atoms with van der Waals surface area (Å²) in [4.78, 5) is 7.15. The minimum absolute atomic E-state index is 0.0314. The van der Waals surface area contributed by atoms with Crippen molar-refractivity contribution in [2.45, 2.75) is 31.6 Å². The summed E-state index contributed by atoms with van der Waals surface area (Å²) in [7, 11) is 0. The Kier molecular flexibility index (Phi) is 7.50. The van der Waals surface area contributed by atoms with Crippen molar-refractivity contribution in [1.82, 2.24) is 10.2 Å². The molecule has 2 aliphatic heterocycles. The fourth-order valence-corrected chi connectivity index (χ4v) is 4.08. The number of guanidine groups is 1. The van der Waals surface area contributed by atoms with Crippen LogP contribution in [0.1, 0.15) is 30.4 Å². The lowest BCUT2D eigenvalue weighted by atomic mass is 9.72. The Labute approximate surface area is 163 Å². The first-order chi connectivity index (χ1) is 13.2. The highest BCUT2D eigenvalue weighted by Gasteiger charge is 2.35. The number of aliphatic imine (C=N–C) groups is 1. The molecule has 0 amide bonds. The van der Waals surface area contributed by atoms with E-state index in [1.165, 1.54) is 11.1 Å². The monoisotopic (exact) mass is 374 g/mol. The van der Waals surface area contributed by atoms with Crippen LogP contribution in [0.2, 0.25) is 0 Å². The third kappa shape index (κ3) is 5.67. The van der Waals surface area contributed by atoms with E-state index < -0.39 is 0 Å². The van der Waals surface area contributed by atoms with Crippen LogP contribution < -0.4 is 11.1 Å². The quantitative estimate of drug-likeness (QED) is 0.432. The lowest BCUT2D eigenvalue weighted by Gasteiger charge is -2.37. The van der Waals surface area contributed by atoms with Crippen molar-refractivity contribution >= 4 is 5.96 Å². The number of rotatable bonds is 7. The molecule has 27 heavy (non-hydrogen) atoms. The molecule has 6 heteroatoms. The number of ether oxygens (including phenoxy) is 2. The van der Waals surface area contributed by atoms with Crippen molar-refractivity contribution in [3.63, 3.8) is 0 Å². The van der Waals surface area contributed by atoms with Crippen LogP contribution in [-0.2, 0) is 14.9 Å². The molecule has 0 radical (unpaired) electrons. The molecule has 1 aromatic carbocycles. The Morgan fingerprint density at radius 3 is 2.59 bits per heavy atom. The average Bonchev–Trinajstić information content (AvgIpc) is 2.71. The Balaban J connectivity index is 1.52. The molecule has 2 fully saturated rings. The van der Waals surface area contributed by atoms with Crippen molar-refractivity contribution in [3.8, 4) is 0 Å². The van der Waals surface area contributed by atoms with Gasteiger partial charge in [-0.3, -0.25) is 9.89 Å². The second kappa shape index (κ2) is 10.1. The first kappa shape index (κ1) is 20.1. The third-order valence-corrected chi connectivity index (χ3v) is 5.78. The predicted octanol–water partition coefficient (Wildman–Crippen LogP) is 1.67. The van der Waals surface area contributed by atoms with Gasteiger partial charge in [-0.25, -0.2) is 0 Å². The standard InChI is InChI=1S/C21H34N4O2/c1-18-5-2-3-6-19(18)21(7-13-26-14-8-21)17-24-20(22)23-9-4-10-25-11-15-27-16-12-25/h2-3,5-6H,4,7-17H2,1H3,(H3,22,23,24). The average molecular weight is 375 g/mol. The molecule has 3 rings (SSSR count). The maximum Gasteiger partial charge on any atom is 0.188 e. The number of aryl methyl sites for hydroxylation is 1. The Bertz CT molecular complexity index is 608.